The first-order valence-corrected chi connectivity index (χ1v) is 10.7. The summed E-state index contributed by atoms with van der Waals surface area (Å²) in [7, 11) is 0. The number of fused-ring (bicyclic) bond motifs is 1. The number of nitrogens with one attached hydrogen (secondary N) is 1. The van der Waals surface area contributed by atoms with Gasteiger partial charge >= 0.3 is 0 Å². The molecule has 3 aromatic rings. The van der Waals surface area contributed by atoms with E-state index in [9.17, 15) is 14.7 Å². The summed E-state index contributed by atoms with van der Waals surface area (Å²) in [5, 5.41) is 21.8. The number of amides is 1. The second-order valence-corrected chi connectivity index (χ2v) is 8.11. The zero-order valence-electron chi connectivity index (χ0n) is 18.1. The molecule has 0 aromatic carbocycles. The zero-order valence-corrected chi connectivity index (χ0v) is 18.1. The van der Waals surface area contributed by atoms with E-state index in [2.05, 4.69) is 39.0 Å². The van der Waals surface area contributed by atoms with Crippen molar-refractivity contribution in [3.05, 3.63) is 30.1 Å². The van der Waals surface area contributed by atoms with E-state index in [1.807, 2.05) is 6.07 Å². The third-order valence-corrected chi connectivity index (χ3v) is 5.82. The summed E-state index contributed by atoms with van der Waals surface area (Å²) < 4.78 is 7.21. The van der Waals surface area contributed by atoms with Crippen LogP contribution in [0.15, 0.2) is 24.5 Å². The van der Waals surface area contributed by atoms with E-state index < -0.39 is 6.10 Å². The molecule has 2 aliphatic heterocycles. The smallest absolute Gasteiger partial charge is 0.235 e. The van der Waals surface area contributed by atoms with Crippen molar-refractivity contribution >= 4 is 28.5 Å². The third kappa shape index (κ3) is 4.06. The van der Waals surface area contributed by atoms with E-state index in [-0.39, 0.29) is 37.2 Å². The van der Waals surface area contributed by atoms with Crippen LogP contribution in [0.3, 0.4) is 0 Å². The summed E-state index contributed by atoms with van der Waals surface area (Å²) in [5.41, 5.74) is 1.31. The molecule has 1 unspecified atom stereocenters. The molecule has 5 rings (SSSR count). The number of aliphatic hydroxyl groups excluding tert-OH is 1. The van der Waals surface area contributed by atoms with Crippen LogP contribution in [0.4, 0.5) is 5.82 Å². The number of rotatable bonds is 3. The van der Waals surface area contributed by atoms with E-state index in [0.717, 1.165) is 11.2 Å². The van der Waals surface area contributed by atoms with Crippen LogP contribution < -0.4 is 4.90 Å². The molecule has 11 heteroatoms. The molecule has 1 amide bonds. The molecule has 5 heterocycles. The molecule has 2 saturated heterocycles. The number of nitrogens with zero attached hydrogens (tertiary/aromatic N) is 6. The van der Waals surface area contributed by atoms with Gasteiger partial charge in [0.2, 0.25) is 5.91 Å². The molecule has 0 spiro atoms. The van der Waals surface area contributed by atoms with Crippen molar-refractivity contribution in [2.75, 3.05) is 37.7 Å². The maximum atomic E-state index is 12.4. The normalized spacial score (nSPS) is 20.8. The van der Waals surface area contributed by atoms with E-state index in [0.29, 0.717) is 36.8 Å². The fourth-order valence-electron chi connectivity index (χ4n) is 4.03. The molecule has 2 aliphatic rings. The molecule has 2 N–H and O–H groups in total. The Balaban J connectivity index is 1.49. The van der Waals surface area contributed by atoms with Gasteiger partial charge in [0.15, 0.2) is 17.2 Å². The van der Waals surface area contributed by atoms with Gasteiger partial charge in [0, 0.05) is 24.4 Å². The maximum absolute atomic E-state index is 12.4. The number of pyridine rings is 1. The highest BCUT2D eigenvalue weighted by Crippen LogP contribution is 2.26. The minimum absolute atomic E-state index is 0.0222. The van der Waals surface area contributed by atoms with Crippen LogP contribution in [0, 0.1) is 11.8 Å². The molecule has 33 heavy (non-hydrogen) atoms. The maximum Gasteiger partial charge on any atom is 0.235 e. The van der Waals surface area contributed by atoms with Crippen LogP contribution >= 0.6 is 0 Å². The van der Waals surface area contributed by atoms with Gasteiger partial charge in [0.25, 0.3) is 0 Å². The molecule has 0 bridgehead atoms. The molecular formula is C22H23N7O4. The number of carbonyl (C=O) groups excluding carboxylic acids is 2. The number of hydrogen-bond acceptors (Lipinski definition) is 8. The molecule has 2 atom stereocenters. The molecule has 3 aromatic heterocycles. The van der Waals surface area contributed by atoms with Gasteiger partial charge in [-0.1, -0.05) is 11.8 Å². The predicted molar refractivity (Wildman–Crippen MR) is 118 cm³/mol. The van der Waals surface area contributed by atoms with Crippen LogP contribution in [-0.4, -0.2) is 91.7 Å². The fraction of sp³-hybridized carbons (Fsp3) is 0.409. The summed E-state index contributed by atoms with van der Waals surface area (Å²) in [5.74, 6) is 6.74. The Labute approximate surface area is 189 Å². The first-order valence-electron chi connectivity index (χ1n) is 10.7. The fourth-order valence-corrected chi connectivity index (χ4v) is 4.03. The van der Waals surface area contributed by atoms with Crippen molar-refractivity contribution in [3.63, 3.8) is 0 Å². The van der Waals surface area contributed by atoms with Crippen LogP contribution in [-0.2, 0) is 14.3 Å². The largest absolute Gasteiger partial charge is 0.383 e. The molecule has 0 saturated carbocycles. The number of β-amino-alcohol motifs (C(OH)–C–C–N with tert-alkyl or cyclic N) is 1. The number of likely N-dealkylation sites (tertiary alicyclic amines) is 1. The summed E-state index contributed by atoms with van der Waals surface area (Å²) >= 11 is 0. The number of hydrogen-bond donors (Lipinski definition) is 2. The number of aliphatic hydroxyl groups is 1. The first kappa shape index (κ1) is 21.1. The van der Waals surface area contributed by atoms with Crippen molar-refractivity contribution in [1.82, 2.24) is 29.9 Å². The Morgan fingerprint density at radius 3 is 3.00 bits per heavy atom. The SMILES string of the molecule is C[C@@H]1COCCN1c1cc(C#CCC(=O)N2CC(=O)C(O)C2)c2cnn(-c3cc[nH]n3)c2n1. The number of aromatic nitrogens is 5. The molecule has 170 valence electrons. The first-order chi connectivity index (χ1) is 16.0. The molecular weight excluding hydrogens is 426 g/mol. The monoisotopic (exact) mass is 449 g/mol. The Kier molecular flexibility index (Phi) is 5.53. The lowest BCUT2D eigenvalue weighted by Gasteiger charge is -2.34. The highest BCUT2D eigenvalue weighted by molar-refractivity contribution is 5.93. The van der Waals surface area contributed by atoms with Gasteiger partial charge in [-0.15, -0.1) is 0 Å². The number of ketones is 1. The van der Waals surface area contributed by atoms with Gasteiger partial charge in [0.05, 0.1) is 50.3 Å². The van der Waals surface area contributed by atoms with E-state index >= 15 is 0 Å². The number of aromatic amines is 1. The summed E-state index contributed by atoms with van der Waals surface area (Å²) in [4.78, 5) is 32.3. The van der Waals surface area contributed by atoms with Gasteiger partial charge in [0.1, 0.15) is 11.9 Å². The van der Waals surface area contributed by atoms with E-state index in [4.69, 9.17) is 9.72 Å². The highest BCUT2D eigenvalue weighted by Gasteiger charge is 2.31. The summed E-state index contributed by atoms with van der Waals surface area (Å²) in [6.45, 7) is 3.94. The van der Waals surface area contributed by atoms with Gasteiger partial charge in [-0.05, 0) is 13.0 Å². The average Bonchev–Trinajstić information content (AvgIpc) is 3.54. The Morgan fingerprint density at radius 1 is 1.39 bits per heavy atom. The van der Waals surface area contributed by atoms with Gasteiger partial charge in [-0.2, -0.15) is 14.9 Å². The molecule has 2 fully saturated rings. The van der Waals surface area contributed by atoms with Gasteiger partial charge in [-0.3, -0.25) is 14.7 Å². The minimum atomic E-state index is -1.10. The lowest BCUT2D eigenvalue weighted by atomic mass is 10.1. The quantitative estimate of drug-likeness (QED) is 0.530. The lowest BCUT2D eigenvalue weighted by molar-refractivity contribution is -0.130. The Hall–Kier alpha value is -3.75. The number of morpholine rings is 1. The van der Waals surface area contributed by atoms with Gasteiger partial charge in [-0.25, -0.2) is 4.98 Å². The molecule has 11 nitrogen and oxygen atoms in total. The van der Waals surface area contributed by atoms with Crippen LogP contribution in [0.5, 0.6) is 0 Å². The van der Waals surface area contributed by atoms with Crippen molar-refractivity contribution in [1.29, 1.82) is 0 Å². The number of anilines is 1. The van der Waals surface area contributed by atoms with E-state index in [1.165, 1.54) is 4.90 Å². The highest BCUT2D eigenvalue weighted by atomic mass is 16.5. The number of Topliss-reactive ketones (excluding diaryl/α,β-unsaturated/α-hetero) is 1. The number of carbonyl (C=O) groups is 2. The number of H-pyrrole nitrogens is 1. The topological polar surface area (TPSA) is 129 Å². The predicted octanol–water partition coefficient (Wildman–Crippen LogP) is -0.117. The molecule has 0 radical (unpaired) electrons. The van der Waals surface area contributed by atoms with E-state index in [1.54, 1.807) is 23.1 Å². The van der Waals surface area contributed by atoms with Crippen molar-refractivity contribution in [2.45, 2.75) is 25.5 Å². The van der Waals surface area contributed by atoms with Crippen molar-refractivity contribution in [2.24, 2.45) is 0 Å². The Morgan fingerprint density at radius 2 is 2.27 bits per heavy atom. The summed E-state index contributed by atoms with van der Waals surface area (Å²) in [6, 6.07) is 3.85. The van der Waals surface area contributed by atoms with Gasteiger partial charge < -0.3 is 19.6 Å². The standard InChI is InChI=1S/C22H23N7O4/c1-14-13-33-8-7-28(14)20-9-15(3-2-4-21(32)27-11-17(30)18(31)12-27)16-10-24-29(22(16)25-20)19-5-6-23-26-19/h5-6,9-10,14,17,30H,4,7-8,11-13H2,1H3,(H,23,26)/t14-,17?/m1/s1. The lowest BCUT2D eigenvalue weighted by Crippen LogP contribution is -2.44. The van der Waals surface area contributed by atoms with Crippen LogP contribution in [0.2, 0.25) is 0 Å². The summed E-state index contributed by atoms with van der Waals surface area (Å²) in [6.07, 6.45) is 2.24. The molecule has 0 aliphatic carbocycles. The second kappa shape index (κ2) is 8.65. The van der Waals surface area contributed by atoms with Crippen LogP contribution in [0.25, 0.3) is 16.9 Å². The van der Waals surface area contributed by atoms with Crippen molar-refractivity contribution in [3.8, 4) is 17.7 Å². The average molecular weight is 449 g/mol. The number of ether oxygens (including phenoxy) is 1. The van der Waals surface area contributed by atoms with Crippen LogP contribution in [0.1, 0.15) is 18.9 Å². The van der Waals surface area contributed by atoms with Crippen molar-refractivity contribution < 1.29 is 19.4 Å². The Bertz CT molecular complexity index is 1260. The third-order valence-electron chi connectivity index (χ3n) is 5.82. The second-order valence-electron chi connectivity index (χ2n) is 8.11. The zero-order chi connectivity index (χ0) is 22.9. The minimum Gasteiger partial charge on any atom is -0.383 e.